The summed E-state index contributed by atoms with van der Waals surface area (Å²) in [6.45, 7) is 0.466. The minimum absolute atomic E-state index is 0.0544. The van der Waals surface area contributed by atoms with Gasteiger partial charge < -0.3 is 29.0 Å². The molecular formula is C28H33N3O10S2. The summed E-state index contributed by atoms with van der Waals surface area (Å²) < 4.78 is 82.6. The molecule has 0 aliphatic carbocycles. The predicted molar refractivity (Wildman–Crippen MR) is 158 cm³/mol. The zero-order valence-corrected chi connectivity index (χ0v) is 25.7. The van der Waals surface area contributed by atoms with Gasteiger partial charge in [0.25, 0.3) is 10.0 Å². The fourth-order valence-corrected chi connectivity index (χ4v) is 7.22. The molecule has 0 atom stereocenters. The van der Waals surface area contributed by atoms with Crippen LogP contribution in [0.4, 0.5) is 11.4 Å². The maximum absolute atomic E-state index is 14.0. The van der Waals surface area contributed by atoms with E-state index in [0.717, 1.165) is 4.31 Å². The van der Waals surface area contributed by atoms with Crippen molar-refractivity contribution in [2.75, 3.05) is 70.9 Å². The van der Waals surface area contributed by atoms with Crippen LogP contribution in [-0.2, 0) is 29.6 Å². The largest absolute Gasteiger partial charge is 0.497 e. The molecule has 1 heterocycles. The number of carbonyl (C=O) groups is 1. The summed E-state index contributed by atoms with van der Waals surface area (Å²) >= 11 is 0. The van der Waals surface area contributed by atoms with Gasteiger partial charge in [-0.15, -0.1) is 0 Å². The number of ether oxygens (including phenoxy) is 5. The Labute approximate surface area is 251 Å². The van der Waals surface area contributed by atoms with Gasteiger partial charge in [0, 0.05) is 30.9 Å². The zero-order chi connectivity index (χ0) is 31.2. The maximum atomic E-state index is 14.0. The quantitative estimate of drug-likeness (QED) is 0.315. The number of benzene rings is 3. The number of hydrogen-bond donors (Lipinski definition) is 1. The zero-order valence-electron chi connectivity index (χ0n) is 24.1. The summed E-state index contributed by atoms with van der Waals surface area (Å²) in [6.07, 6.45) is 0. The molecule has 43 heavy (non-hydrogen) atoms. The molecule has 15 heteroatoms. The van der Waals surface area contributed by atoms with Crippen molar-refractivity contribution >= 4 is 37.3 Å². The van der Waals surface area contributed by atoms with Crippen LogP contribution in [0.1, 0.15) is 0 Å². The minimum Gasteiger partial charge on any atom is -0.497 e. The average molecular weight is 636 g/mol. The number of sulfonamides is 2. The average Bonchev–Trinajstić information content (AvgIpc) is 3.03. The number of anilines is 2. The van der Waals surface area contributed by atoms with Gasteiger partial charge in [0.2, 0.25) is 15.9 Å². The highest BCUT2D eigenvalue weighted by Crippen LogP contribution is 2.37. The molecule has 0 spiro atoms. The number of rotatable bonds is 12. The number of carbonyl (C=O) groups excluding carboxylic acids is 1. The lowest BCUT2D eigenvalue weighted by molar-refractivity contribution is -0.114. The van der Waals surface area contributed by atoms with Crippen molar-refractivity contribution in [2.24, 2.45) is 0 Å². The fourth-order valence-electron chi connectivity index (χ4n) is 4.37. The van der Waals surface area contributed by atoms with Crippen molar-refractivity contribution in [3.05, 3.63) is 60.7 Å². The second kappa shape index (κ2) is 13.5. The van der Waals surface area contributed by atoms with E-state index in [1.54, 1.807) is 6.07 Å². The van der Waals surface area contributed by atoms with Gasteiger partial charge in [0.05, 0.1) is 57.1 Å². The van der Waals surface area contributed by atoms with Crippen molar-refractivity contribution < 1.29 is 45.3 Å². The molecular weight excluding hydrogens is 602 g/mol. The number of morpholine rings is 1. The first kappa shape index (κ1) is 31.9. The third-order valence-electron chi connectivity index (χ3n) is 6.63. The van der Waals surface area contributed by atoms with E-state index in [4.69, 9.17) is 23.7 Å². The first-order valence-corrected chi connectivity index (χ1v) is 15.9. The molecule has 1 aliphatic rings. The topological polar surface area (TPSA) is 150 Å². The number of nitrogens with zero attached hydrogens (tertiary/aromatic N) is 2. The number of nitrogens with one attached hydrogen (secondary N) is 1. The molecule has 1 aliphatic heterocycles. The van der Waals surface area contributed by atoms with Crippen LogP contribution >= 0.6 is 0 Å². The van der Waals surface area contributed by atoms with Crippen molar-refractivity contribution in [3.8, 4) is 23.0 Å². The molecule has 0 bridgehead atoms. The molecule has 0 aromatic heterocycles. The van der Waals surface area contributed by atoms with Crippen LogP contribution in [0, 0.1) is 0 Å². The van der Waals surface area contributed by atoms with Gasteiger partial charge >= 0.3 is 0 Å². The fraction of sp³-hybridized carbons (Fsp3) is 0.321. The van der Waals surface area contributed by atoms with Crippen LogP contribution in [0.2, 0.25) is 0 Å². The summed E-state index contributed by atoms with van der Waals surface area (Å²) in [5, 5.41) is 2.64. The van der Waals surface area contributed by atoms with E-state index >= 15 is 0 Å². The van der Waals surface area contributed by atoms with Gasteiger partial charge in [-0.05, 0) is 48.5 Å². The Morgan fingerprint density at radius 2 is 1.40 bits per heavy atom. The van der Waals surface area contributed by atoms with Crippen LogP contribution in [-0.4, -0.2) is 88.3 Å². The molecule has 1 fully saturated rings. The lowest BCUT2D eigenvalue weighted by Gasteiger charge is -2.26. The summed E-state index contributed by atoms with van der Waals surface area (Å²) in [5.74, 6) is 0.315. The Morgan fingerprint density at radius 1 is 0.791 bits per heavy atom. The van der Waals surface area contributed by atoms with E-state index < -0.39 is 32.5 Å². The minimum atomic E-state index is -4.39. The Hall–Kier alpha value is -4.05. The molecule has 4 rings (SSSR count). The lowest BCUT2D eigenvalue weighted by atomic mass is 10.2. The molecule has 3 aromatic carbocycles. The van der Waals surface area contributed by atoms with Gasteiger partial charge in [-0.1, -0.05) is 0 Å². The van der Waals surface area contributed by atoms with E-state index in [1.807, 2.05) is 0 Å². The molecule has 1 amide bonds. The highest BCUT2D eigenvalue weighted by molar-refractivity contribution is 7.93. The van der Waals surface area contributed by atoms with Crippen LogP contribution in [0.5, 0.6) is 23.0 Å². The van der Waals surface area contributed by atoms with E-state index in [2.05, 4.69) is 5.32 Å². The first-order valence-electron chi connectivity index (χ1n) is 13.0. The highest BCUT2D eigenvalue weighted by Gasteiger charge is 2.31. The Morgan fingerprint density at radius 3 is 2.00 bits per heavy atom. The number of methoxy groups -OCH3 is 4. The third kappa shape index (κ3) is 6.96. The molecule has 3 aromatic rings. The highest BCUT2D eigenvalue weighted by atomic mass is 32.2. The molecule has 0 unspecified atom stereocenters. The second-order valence-electron chi connectivity index (χ2n) is 9.16. The van der Waals surface area contributed by atoms with Crippen molar-refractivity contribution in [3.63, 3.8) is 0 Å². The Balaban J connectivity index is 1.65. The first-order chi connectivity index (χ1) is 20.5. The number of amides is 1. The molecule has 0 radical (unpaired) electrons. The summed E-state index contributed by atoms with van der Waals surface area (Å²) in [4.78, 5) is 13.2. The van der Waals surface area contributed by atoms with Crippen LogP contribution in [0.15, 0.2) is 70.5 Å². The summed E-state index contributed by atoms with van der Waals surface area (Å²) in [7, 11) is -2.52. The maximum Gasteiger partial charge on any atom is 0.265 e. The molecule has 0 saturated carbocycles. The van der Waals surface area contributed by atoms with Crippen molar-refractivity contribution in [1.82, 2.24) is 4.31 Å². The van der Waals surface area contributed by atoms with E-state index in [0.29, 0.717) is 24.7 Å². The molecule has 1 saturated heterocycles. The van der Waals surface area contributed by atoms with E-state index in [1.165, 1.54) is 87.3 Å². The van der Waals surface area contributed by atoms with Crippen LogP contribution in [0.25, 0.3) is 0 Å². The van der Waals surface area contributed by atoms with Gasteiger partial charge in [-0.3, -0.25) is 9.10 Å². The van der Waals surface area contributed by atoms with Crippen molar-refractivity contribution in [1.29, 1.82) is 0 Å². The van der Waals surface area contributed by atoms with E-state index in [9.17, 15) is 21.6 Å². The van der Waals surface area contributed by atoms with Gasteiger partial charge in [-0.25, -0.2) is 16.8 Å². The van der Waals surface area contributed by atoms with Crippen molar-refractivity contribution in [2.45, 2.75) is 9.79 Å². The standard InChI is InChI=1S/C28H33N3O10S2/c1-37-21-7-11-25(38-2)24(17-21)31(43(35,36)23-10-12-26(39-3)27(18-23)40-4)19-28(32)29-20-5-8-22(9-6-20)42(33,34)30-13-15-41-16-14-30/h5-12,17-18H,13-16,19H2,1-4H3,(H,29,32). The lowest BCUT2D eigenvalue weighted by Crippen LogP contribution is -2.40. The van der Waals surface area contributed by atoms with Crippen LogP contribution < -0.4 is 28.6 Å². The number of hydrogen-bond acceptors (Lipinski definition) is 10. The van der Waals surface area contributed by atoms with Gasteiger partial charge in [-0.2, -0.15) is 4.31 Å². The van der Waals surface area contributed by atoms with Crippen LogP contribution in [0.3, 0.4) is 0 Å². The summed E-state index contributed by atoms with van der Waals surface area (Å²) in [5.41, 5.74) is 0.325. The van der Waals surface area contributed by atoms with Gasteiger partial charge in [0.1, 0.15) is 18.0 Å². The molecule has 1 N–H and O–H groups in total. The Bertz CT molecular complexity index is 1660. The third-order valence-corrected chi connectivity index (χ3v) is 10.3. The summed E-state index contributed by atoms with van der Waals surface area (Å²) in [6, 6.07) is 14.3. The normalized spacial score (nSPS) is 14.0. The monoisotopic (exact) mass is 635 g/mol. The second-order valence-corrected chi connectivity index (χ2v) is 13.0. The SMILES string of the molecule is COc1ccc(OC)c(N(CC(=O)Nc2ccc(S(=O)(=O)N3CCOCC3)cc2)S(=O)(=O)c2ccc(OC)c(OC)c2)c1. The van der Waals surface area contributed by atoms with E-state index in [-0.39, 0.29) is 45.8 Å². The molecule has 232 valence electrons. The Kier molecular flexibility index (Phi) is 10.0. The smallest absolute Gasteiger partial charge is 0.265 e. The predicted octanol–water partition coefficient (Wildman–Crippen LogP) is 2.58. The van der Waals surface area contributed by atoms with Gasteiger partial charge in [0.15, 0.2) is 11.5 Å². The molecule has 13 nitrogen and oxygen atoms in total.